The van der Waals surface area contributed by atoms with Crippen LogP contribution in [0.5, 0.6) is 0 Å². The number of hydrogen-bond donors (Lipinski definition) is 2. The van der Waals surface area contributed by atoms with Gasteiger partial charge in [-0.25, -0.2) is 4.98 Å². The van der Waals surface area contributed by atoms with Crippen molar-refractivity contribution in [2.75, 3.05) is 19.5 Å². The van der Waals surface area contributed by atoms with E-state index < -0.39 is 0 Å². The van der Waals surface area contributed by atoms with Crippen LogP contribution < -0.4 is 11.1 Å². The molecule has 1 rings (SSSR count). The van der Waals surface area contributed by atoms with E-state index in [0.29, 0.717) is 6.61 Å². The predicted molar refractivity (Wildman–Crippen MR) is 55.2 cm³/mol. The predicted octanol–water partition coefficient (Wildman–Crippen LogP) is -0.177. The van der Waals surface area contributed by atoms with Gasteiger partial charge in [-0.1, -0.05) is 0 Å². The third-order valence-corrected chi connectivity index (χ3v) is 1.68. The first-order valence-corrected chi connectivity index (χ1v) is 4.50. The van der Waals surface area contributed by atoms with Gasteiger partial charge < -0.3 is 15.8 Å². The van der Waals surface area contributed by atoms with Crippen molar-refractivity contribution in [1.29, 1.82) is 0 Å². The highest BCUT2D eigenvalue weighted by Crippen LogP contribution is 1.97. The first kappa shape index (κ1) is 11.4. The fraction of sp³-hybridized carbons (Fsp3) is 0.444. The molecule has 0 saturated heterocycles. The normalized spacial score (nSPS) is 12.1. The monoisotopic (exact) mass is 210 g/mol. The molecule has 0 bridgehead atoms. The summed E-state index contributed by atoms with van der Waals surface area (Å²) in [6.45, 7) is 2.28. The molecule has 1 amide bonds. The number of hydrogen-bond acceptors (Lipinski definition) is 5. The molecule has 0 saturated carbocycles. The van der Waals surface area contributed by atoms with E-state index in [9.17, 15) is 4.79 Å². The molecule has 1 atom stereocenters. The number of nitrogens with zero attached hydrogens (tertiary/aromatic N) is 2. The maximum Gasteiger partial charge on any atom is 0.271 e. The van der Waals surface area contributed by atoms with Crippen molar-refractivity contribution in [2.24, 2.45) is 0 Å². The van der Waals surface area contributed by atoms with Gasteiger partial charge >= 0.3 is 0 Å². The maximum atomic E-state index is 11.6. The van der Waals surface area contributed by atoms with Crippen LogP contribution in [0.2, 0.25) is 0 Å². The summed E-state index contributed by atoms with van der Waals surface area (Å²) < 4.78 is 4.89. The second-order valence-corrected chi connectivity index (χ2v) is 3.16. The highest BCUT2D eigenvalue weighted by atomic mass is 16.5. The average molecular weight is 210 g/mol. The van der Waals surface area contributed by atoms with Gasteiger partial charge in [0.2, 0.25) is 0 Å². The molecule has 0 aliphatic carbocycles. The van der Waals surface area contributed by atoms with Crippen LogP contribution in [0.4, 0.5) is 5.82 Å². The molecule has 6 nitrogen and oxygen atoms in total. The molecule has 15 heavy (non-hydrogen) atoms. The molecular weight excluding hydrogens is 196 g/mol. The fourth-order valence-electron chi connectivity index (χ4n) is 1.08. The van der Waals surface area contributed by atoms with Crippen LogP contribution in [0.15, 0.2) is 12.4 Å². The molecule has 82 valence electrons. The van der Waals surface area contributed by atoms with Gasteiger partial charge in [-0.3, -0.25) is 9.78 Å². The Morgan fingerprint density at radius 1 is 1.67 bits per heavy atom. The standard InChI is InChI=1S/C9H14N4O2/c1-6(5-15-2)12-9(14)7-3-11-4-8(10)13-7/h3-4,6H,5H2,1-2H3,(H2,10,13)(H,12,14). The Kier molecular flexibility index (Phi) is 3.99. The molecular formula is C9H14N4O2. The lowest BCUT2D eigenvalue weighted by atomic mass is 10.3. The topological polar surface area (TPSA) is 90.1 Å². The smallest absolute Gasteiger partial charge is 0.271 e. The van der Waals surface area contributed by atoms with Gasteiger partial charge in [-0.05, 0) is 6.92 Å². The number of aromatic nitrogens is 2. The molecule has 0 radical (unpaired) electrons. The average Bonchev–Trinajstić information content (AvgIpc) is 2.18. The van der Waals surface area contributed by atoms with Crippen molar-refractivity contribution in [3.05, 3.63) is 18.1 Å². The molecule has 0 aromatic carbocycles. The number of methoxy groups -OCH3 is 1. The molecule has 3 N–H and O–H groups in total. The summed E-state index contributed by atoms with van der Waals surface area (Å²) in [4.78, 5) is 19.2. The Balaban J connectivity index is 2.61. The van der Waals surface area contributed by atoms with Crippen molar-refractivity contribution in [1.82, 2.24) is 15.3 Å². The zero-order valence-corrected chi connectivity index (χ0v) is 8.73. The number of nitrogens with one attached hydrogen (secondary N) is 1. The van der Waals surface area contributed by atoms with Crippen LogP contribution in [0, 0.1) is 0 Å². The van der Waals surface area contributed by atoms with Crippen LogP contribution in [0.3, 0.4) is 0 Å². The van der Waals surface area contributed by atoms with Gasteiger partial charge in [0.05, 0.1) is 19.0 Å². The quantitative estimate of drug-likeness (QED) is 0.719. The summed E-state index contributed by atoms with van der Waals surface area (Å²) >= 11 is 0. The molecule has 0 fully saturated rings. The Morgan fingerprint density at radius 3 is 3.00 bits per heavy atom. The summed E-state index contributed by atoms with van der Waals surface area (Å²) in [6, 6.07) is -0.0780. The second-order valence-electron chi connectivity index (χ2n) is 3.16. The lowest BCUT2D eigenvalue weighted by Gasteiger charge is -2.11. The number of nitrogens with two attached hydrogens (primary N) is 1. The Labute approximate surface area is 87.9 Å². The second kappa shape index (κ2) is 5.26. The van der Waals surface area contributed by atoms with Crippen molar-refractivity contribution in [3.63, 3.8) is 0 Å². The summed E-state index contributed by atoms with van der Waals surface area (Å²) in [6.07, 6.45) is 2.75. The lowest BCUT2D eigenvalue weighted by molar-refractivity contribution is 0.0900. The van der Waals surface area contributed by atoms with Gasteiger partial charge in [0.25, 0.3) is 5.91 Å². The van der Waals surface area contributed by atoms with E-state index in [2.05, 4.69) is 15.3 Å². The largest absolute Gasteiger partial charge is 0.383 e. The molecule has 1 unspecified atom stereocenters. The lowest BCUT2D eigenvalue weighted by Crippen LogP contribution is -2.36. The molecule has 1 aromatic heterocycles. The molecule has 0 spiro atoms. The third kappa shape index (κ3) is 3.51. The third-order valence-electron chi connectivity index (χ3n) is 1.68. The van der Waals surface area contributed by atoms with Gasteiger partial charge in [0, 0.05) is 13.2 Å². The van der Waals surface area contributed by atoms with Crippen molar-refractivity contribution < 1.29 is 9.53 Å². The number of amides is 1. The minimum atomic E-state index is -0.306. The Bertz CT molecular complexity index is 343. The van der Waals surface area contributed by atoms with Gasteiger partial charge in [-0.15, -0.1) is 0 Å². The summed E-state index contributed by atoms with van der Waals surface area (Å²) in [5.74, 6) is -0.0820. The summed E-state index contributed by atoms with van der Waals surface area (Å²) in [5, 5.41) is 2.70. The number of carbonyl (C=O) groups excluding carboxylic acids is 1. The Morgan fingerprint density at radius 2 is 2.40 bits per heavy atom. The number of anilines is 1. The number of ether oxygens (including phenoxy) is 1. The van der Waals surface area contributed by atoms with Crippen molar-refractivity contribution in [3.8, 4) is 0 Å². The zero-order valence-electron chi connectivity index (χ0n) is 8.73. The van der Waals surface area contributed by atoms with Crippen LogP contribution in [0.1, 0.15) is 17.4 Å². The van der Waals surface area contributed by atoms with E-state index in [4.69, 9.17) is 10.5 Å². The number of carbonyl (C=O) groups is 1. The number of rotatable bonds is 4. The first-order chi connectivity index (χ1) is 7.13. The minimum absolute atomic E-state index is 0.0780. The highest BCUT2D eigenvalue weighted by Gasteiger charge is 2.11. The highest BCUT2D eigenvalue weighted by molar-refractivity contribution is 5.92. The molecule has 1 aromatic rings. The van der Waals surface area contributed by atoms with Crippen molar-refractivity contribution in [2.45, 2.75) is 13.0 Å². The molecule has 0 aliphatic heterocycles. The van der Waals surface area contributed by atoms with Crippen molar-refractivity contribution >= 4 is 11.7 Å². The summed E-state index contributed by atoms with van der Waals surface area (Å²) in [7, 11) is 1.57. The zero-order chi connectivity index (χ0) is 11.3. The van der Waals surface area contributed by atoms with Crippen LogP contribution >= 0.6 is 0 Å². The fourth-order valence-corrected chi connectivity index (χ4v) is 1.08. The molecule has 6 heteroatoms. The van der Waals surface area contributed by atoms with Crippen LogP contribution in [-0.4, -0.2) is 35.6 Å². The van der Waals surface area contributed by atoms with E-state index in [1.807, 2.05) is 6.92 Å². The van der Waals surface area contributed by atoms with Gasteiger partial charge in [-0.2, -0.15) is 0 Å². The minimum Gasteiger partial charge on any atom is -0.383 e. The van der Waals surface area contributed by atoms with E-state index in [-0.39, 0.29) is 23.5 Å². The molecule has 0 aliphatic rings. The van der Waals surface area contributed by atoms with Gasteiger partial charge in [0.15, 0.2) is 0 Å². The number of nitrogen functional groups attached to an aromatic ring is 1. The first-order valence-electron chi connectivity index (χ1n) is 4.50. The van der Waals surface area contributed by atoms with Crippen LogP contribution in [-0.2, 0) is 4.74 Å². The maximum absolute atomic E-state index is 11.6. The SMILES string of the molecule is COCC(C)NC(=O)c1cncc(N)n1. The van der Waals surface area contributed by atoms with E-state index in [0.717, 1.165) is 0 Å². The van der Waals surface area contributed by atoms with E-state index >= 15 is 0 Å². The Hall–Kier alpha value is -1.69. The van der Waals surface area contributed by atoms with E-state index in [1.54, 1.807) is 7.11 Å². The van der Waals surface area contributed by atoms with E-state index in [1.165, 1.54) is 12.4 Å². The molecule has 1 heterocycles. The summed E-state index contributed by atoms with van der Waals surface area (Å²) in [5.41, 5.74) is 5.61. The van der Waals surface area contributed by atoms with Gasteiger partial charge in [0.1, 0.15) is 11.5 Å². The van der Waals surface area contributed by atoms with Crippen LogP contribution in [0.25, 0.3) is 0 Å².